The molecule has 8 heteroatoms. The number of alkyl carbamates (subject to hydrolysis) is 2. The molecule has 31 heavy (non-hydrogen) atoms. The quantitative estimate of drug-likeness (QED) is 0.592. The SMILES string of the molecule is CC(C)(C)OC(=O)NCc1ccc(CC(NC(=O)OCc2ccccc2)C(=O)O)cc1. The molecular formula is C23H28N2O6. The molecule has 0 aliphatic carbocycles. The molecule has 166 valence electrons. The van der Waals surface area contributed by atoms with Crippen LogP contribution in [0.1, 0.15) is 37.5 Å². The van der Waals surface area contributed by atoms with Crippen LogP contribution in [0.2, 0.25) is 0 Å². The number of amides is 2. The van der Waals surface area contributed by atoms with Crippen LogP contribution in [0.4, 0.5) is 9.59 Å². The average Bonchev–Trinajstić information content (AvgIpc) is 2.70. The van der Waals surface area contributed by atoms with E-state index < -0.39 is 29.8 Å². The van der Waals surface area contributed by atoms with E-state index in [4.69, 9.17) is 9.47 Å². The van der Waals surface area contributed by atoms with Gasteiger partial charge in [-0.3, -0.25) is 0 Å². The normalized spacial score (nSPS) is 11.8. The minimum absolute atomic E-state index is 0.0539. The van der Waals surface area contributed by atoms with Crippen molar-refractivity contribution < 1.29 is 29.0 Å². The summed E-state index contributed by atoms with van der Waals surface area (Å²) < 4.78 is 10.3. The predicted molar refractivity (Wildman–Crippen MR) is 114 cm³/mol. The van der Waals surface area contributed by atoms with E-state index in [0.717, 1.165) is 16.7 Å². The molecule has 0 aliphatic rings. The number of ether oxygens (including phenoxy) is 2. The van der Waals surface area contributed by atoms with Crippen LogP contribution >= 0.6 is 0 Å². The second-order valence-electron chi connectivity index (χ2n) is 7.97. The maximum absolute atomic E-state index is 12.0. The van der Waals surface area contributed by atoms with E-state index in [0.29, 0.717) is 0 Å². The molecule has 0 spiro atoms. The van der Waals surface area contributed by atoms with Crippen molar-refractivity contribution in [2.75, 3.05) is 0 Å². The number of aliphatic carboxylic acids is 1. The number of carboxylic acid groups (broad SMARTS) is 1. The van der Waals surface area contributed by atoms with E-state index in [1.54, 1.807) is 57.2 Å². The third-order valence-electron chi connectivity index (χ3n) is 4.10. The van der Waals surface area contributed by atoms with E-state index in [-0.39, 0.29) is 19.6 Å². The molecule has 0 saturated heterocycles. The van der Waals surface area contributed by atoms with Gasteiger partial charge in [0.25, 0.3) is 0 Å². The maximum atomic E-state index is 12.0. The first kappa shape index (κ1) is 23.7. The van der Waals surface area contributed by atoms with Crippen LogP contribution in [-0.4, -0.2) is 34.9 Å². The van der Waals surface area contributed by atoms with Crippen LogP contribution < -0.4 is 10.6 Å². The van der Waals surface area contributed by atoms with Crippen molar-refractivity contribution >= 4 is 18.2 Å². The van der Waals surface area contributed by atoms with Gasteiger partial charge in [0.1, 0.15) is 18.2 Å². The second-order valence-corrected chi connectivity index (χ2v) is 7.97. The van der Waals surface area contributed by atoms with Crippen molar-refractivity contribution in [1.82, 2.24) is 10.6 Å². The number of carbonyl (C=O) groups excluding carboxylic acids is 2. The summed E-state index contributed by atoms with van der Waals surface area (Å²) in [6.45, 7) is 5.68. The highest BCUT2D eigenvalue weighted by atomic mass is 16.6. The highest BCUT2D eigenvalue weighted by molar-refractivity contribution is 5.80. The smallest absolute Gasteiger partial charge is 0.408 e. The summed E-state index contributed by atoms with van der Waals surface area (Å²) in [7, 11) is 0. The average molecular weight is 428 g/mol. The van der Waals surface area contributed by atoms with Crippen molar-refractivity contribution in [3.05, 3.63) is 71.3 Å². The molecule has 2 rings (SSSR count). The zero-order chi connectivity index (χ0) is 22.9. The van der Waals surface area contributed by atoms with Gasteiger partial charge >= 0.3 is 18.2 Å². The standard InChI is InChI=1S/C23H28N2O6/c1-23(2,3)31-21(28)24-14-17-11-9-16(10-12-17)13-19(20(26)27)25-22(29)30-15-18-7-5-4-6-8-18/h4-12,19H,13-15H2,1-3H3,(H,24,28)(H,25,29)(H,26,27). The van der Waals surface area contributed by atoms with Gasteiger partial charge in [-0.25, -0.2) is 14.4 Å². The lowest BCUT2D eigenvalue weighted by Crippen LogP contribution is -2.42. The van der Waals surface area contributed by atoms with Gasteiger partial charge in [-0.2, -0.15) is 0 Å². The largest absolute Gasteiger partial charge is 0.480 e. The number of carbonyl (C=O) groups is 3. The number of benzene rings is 2. The Morgan fingerprint density at radius 3 is 2.10 bits per heavy atom. The Kier molecular flexibility index (Phi) is 8.43. The van der Waals surface area contributed by atoms with Crippen LogP contribution in [0.5, 0.6) is 0 Å². The number of carboxylic acids is 1. The summed E-state index contributed by atoms with van der Waals surface area (Å²) in [6.07, 6.45) is -1.22. The Labute approximate surface area is 181 Å². The van der Waals surface area contributed by atoms with E-state index in [1.165, 1.54) is 0 Å². The van der Waals surface area contributed by atoms with Crippen LogP contribution in [0.3, 0.4) is 0 Å². The molecule has 0 heterocycles. The molecule has 0 bridgehead atoms. The molecule has 0 fully saturated rings. The van der Waals surface area contributed by atoms with Crippen molar-refractivity contribution in [3.8, 4) is 0 Å². The molecule has 3 N–H and O–H groups in total. The molecule has 1 unspecified atom stereocenters. The fraction of sp³-hybridized carbons (Fsp3) is 0.348. The lowest BCUT2D eigenvalue weighted by atomic mass is 10.0. The summed E-state index contributed by atoms with van der Waals surface area (Å²) in [5.41, 5.74) is 1.78. The van der Waals surface area contributed by atoms with Crippen LogP contribution in [0, 0.1) is 0 Å². The monoisotopic (exact) mass is 428 g/mol. The van der Waals surface area contributed by atoms with Gasteiger partial charge in [-0.15, -0.1) is 0 Å². The first-order chi connectivity index (χ1) is 14.6. The molecule has 2 aromatic rings. The molecule has 0 saturated carbocycles. The Bertz CT molecular complexity index is 875. The Balaban J connectivity index is 1.84. The summed E-state index contributed by atoms with van der Waals surface area (Å²) in [5.74, 6) is -1.16. The first-order valence-corrected chi connectivity index (χ1v) is 9.87. The van der Waals surface area contributed by atoms with Gasteiger partial charge in [-0.1, -0.05) is 54.6 Å². The zero-order valence-corrected chi connectivity index (χ0v) is 17.9. The number of hydrogen-bond donors (Lipinski definition) is 3. The second kappa shape index (κ2) is 11.0. The Morgan fingerprint density at radius 2 is 1.52 bits per heavy atom. The number of hydrogen-bond acceptors (Lipinski definition) is 5. The van der Waals surface area contributed by atoms with E-state index in [1.807, 2.05) is 18.2 Å². The summed E-state index contributed by atoms with van der Waals surface area (Å²) in [6, 6.07) is 15.0. The minimum atomic E-state index is -1.16. The van der Waals surface area contributed by atoms with Crippen molar-refractivity contribution in [2.45, 2.75) is 52.0 Å². The van der Waals surface area contributed by atoms with Gasteiger partial charge in [0.2, 0.25) is 0 Å². The van der Waals surface area contributed by atoms with Crippen LogP contribution in [0.25, 0.3) is 0 Å². The highest BCUT2D eigenvalue weighted by Crippen LogP contribution is 2.10. The van der Waals surface area contributed by atoms with Crippen LogP contribution in [-0.2, 0) is 33.8 Å². The van der Waals surface area contributed by atoms with Gasteiger partial charge in [0.05, 0.1) is 0 Å². The summed E-state index contributed by atoms with van der Waals surface area (Å²) in [4.78, 5) is 35.2. The maximum Gasteiger partial charge on any atom is 0.408 e. The third kappa shape index (κ3) is 9.20. The fourth-order valence-electron chi connectivity index (χ4n) is 2.62. The molecule has 8 nitrogen and oxygen atoms in total. The fourth-order valence-corrected chi connectivity index (χ4v) is 2.62. The van der Waals surface area contributed by atoms with Gasteiger partial charge in [-0.05, 0) is 37.5 Å². The first-order valence-electron chi connectivity index (χ1n) is 9.87. The van der Waals surface area contributed by atoms with Gasteiger partial charge in [0, 0.05) is 13.0 Å². The third-order valence-corrected chi connectivity index (χ3v) is 4.10. The molecule has 0 aromatic heterocycles. The lowest BCUT2D eigenvalue weighted by molar-refractivity contribution is -0.139. The molecule has 2 aromatic carbocycles. The topological polar surface area (TPSA) is 114 Å². The Morgan fingerprint density at radius 1 is 0.903 bits per heavy atom. The minimum Gasteiger partial charge on any atom is -0.480 e. The highest BCUT2D eigenvalue weighted by Gasteiger charge is 2.21. The van der Waals surface area contributed by atoms with Crippen molar-refractivity contribution in [2.24, 2.45) is 0 Å². The summed E-state index contributed by atoms with van der Waals surface area (Å²) >= 11 is 0. The summed E-state index contributed by atoms with van der Waals surface area (Å²) in [5, 5.41) is 14.5. The zero-order valence-electron chi connectivity index (χ0n) is 17.9. The molecular weight excluding hydrogens is 400 g/mol. The molecule has 0 radical (unpaired) electrons. The van der Waals surface area contributed by atoms with E-state index >= 15 is 0 Å². The number of rotatable bonds is 8. The van der Waals surface area contributed by atoms with Crippen LogP contribution in [0.15, 0.2) is 54.6 Å². The van der Waals surface area contributed by atoms with Gasteiger partial charge < -0.3 is 25.2 Å². The predicted octanol–water partition coefficient (Wildman–Crippen LogP) is 3.63. The van der Waals surface area contributed by atoms with Crippen molar-refractivity contribution in [3.63, 3.8) is 0 Å². The van der Waals surface area contributed by atoms with Crippen molar-refractivity contribution in [1.29, 1.82) is 0 Å². The van der Waals surface area contributed by atoms with E-state index in [2.05, 4.69) is 10.6 Å². The molecule has 2 amide bonds. The number of nitrogens with one attached hydrogen (secondary N) is 2. The molecule has 1 atom stereocenters. The van der Waals surface area contributed by atoms with Gasteiger partial charge in [0.15, 0.2) is 0 Å². The molecule has 0 aliphatic heterocycles. The Hall–Kier alpha value is -3.55. The lowest BCUT2D eigenvalue weighted by Gasteiger charge is -2.19. The van der Waals surface area contributed by atoms with E-state index in [9.17, 15) is 19.5 Å².